The molecule has 1 aliphatic heterocycles. The Balaban J connectivity index is 2.00. The third-order valence-electron chi connectivity index (χ3n) is 3.26. The Labute approximate surface area is 122 Å². The Morgan fingerprint density at radius 3 is 2.67 bits per heavy atom. The van der Waals surface area contributed by atoms with Crippen molar-refractivity contribution in [2.45, 2.75) is 0 Å². The molecule has 7 heteroatoms. The third kappa shape index (κ3) is 4.17. The van der Waals surface area contributed by atoms with Gasteiger partial charge < -0.3 is 20.3 Å². The van der Waals surface area contributed by atoms with Crippen LogP contribution in [0.3, 0.4) is 0 Å². The van der Waals surface area contributed by atoms with Crippen LogP contribution in [0, 0.1) is 0 Å². The summed E-state index contributed by atoms with van der Waals surface area (Å²) in [5.41, 5.74) is 5.50. The summed E-state index contributed by atoms with van der Waals surface area (Å²) < 4.78 is 10.8. The number of amides is 1. The number of hydrogen-bond donors (Lipinski definition) is 2. The number of rotatable bonds is 6. The van der Waals surface area contributed by atoms with Crippen molar-refractivity contribution in [3.05, 3.63) is 29.3 Å². The van der Waals surface area contributed by atoms with E-state index in [9.17, 15) is 9.59 Å². The van der Waals surface area contributed by atoms with E-state index in [-0.39, 0.29) is 16.9 Å². The zero-order valence-electron chi connectivity index (χ0n) is 11.6. The average Bonchev–Trinajstić information content (AvgIpc) is 2.48. The van der Waals surface area contributed by atoms with Crippen LogP contribution < -0.4 is 10.5 Å². The standard InChI is InChI=1S/C14H18N2O5/c15-13(17)11-2-1-10(14(18)19)9-12(11)21-8-5-16-3-6-20-7-4-16/h1-2,9H,3-8H2,(H2,15,17)(H,18,19). The molecule has 0 atom stereocenters. The summed E-state index contributed by atoms with van der Waals surface area (Å²) in [6, 6.07) is 4.02. The maximum absolute atomic E-state index is 11.3. The van der Waals surface area contributed by atoms with Gasteiger partial charge in [-0.3, -0.25) is 9.69 Å². The summed E-state index contributed by atoms with van der Waals surface area (Å²) in [7, 11) is 0. The maximum atomic E-state index is 11.3. The molecule has 3 N–H and O–H groups in total. The van der Waals surface area contributed by atoms with Crippen molar-refractivity contribution in [1.82, 2.24) is 4.90 Å². The normalized spacial score (nSPS) is 15.6. The van der Waals surface area contributed by atoms with Crippen molar-refractivity contribution in [2.75, 3.05) is 39.5 Å². The van der Waals surface area contributed by atoms with Crippen molar-refractivity contribution < 1.29 is 24.2 Å². The zero-order chi connectivity index (χ0) is 15.2. The summed E-state index contributed by atoms with van der Waals surface area (Å²) in [5, 5.41) is 8.97. The van der Waals surface area contributed by atoms with Gasteiger partial charge in [0, 0.05) is 19.6 Å². The van der Waals surface area contributed by atoms with Gasteiger partial charge in [-0.2, -0.15) is 0 Å². The molecule has 0 aliphatic carbocycles. The summed E-state index contributed by atoms with van der Waals surface area (Å²) in [4.78, 5) is 24.5. The number of carboxylic acid groups (broad SMARTS) is 1. The highest BCUT2D eigenvalue weighted by molar-refractivity contribution is 5.97. The molecule has 0 spiro atoms. The Morgan fingerprint density at radius 2 is 2.05 bits per heavy atom. The molecule has 1 amide bonds. The summed E-state index contributed by atoms with van der Waals surface area (Å²) in [6.45, 7) is 4.09. The highest BCUT2D eigenvalue weighted by Crippen LogP contribution is 2.20. The van der Waals surface area contributed by atoms with Gasteiger partial charge in [0.2, 0.25) is 0 Å². The molecule has 1 aromatic carbocycles. The van der Waals surface area contributed by atoms with Gasteiger partial charge in [0.05, 0.1) is 24.3 Å². The molecule has 2 rings (SSSR count). The minimum absolute atomic E-state index is 0.0568. The predicted molar refractivity (Wildman–Crippen MR) is 74.7 cm³/mol. The maximum Gasteiger partial charge on any atom is 0.335 e. The van der Waals surface area contributed by atoms with Crippen LogP contribution >= 0.6 is 0 Å². The average molecular weight is 294 g/mol. The van der Waals surface area contributed by atoms with E-state index in [0.29, 0.717) is 26.4 Å². The van der Waals surface area contributed by atoms with Crippen LogP contribution in [-0.4, -0.2) is 61.3 Å². The van der Waals surface area contributed by atoms with Crippen LogP contribution in [0.5, 0.6) is 5.75 Å². The number of nitrogens with zero attached hydrogens (tertiary/aromatic N) is 1. The largest absolute Gasteiger partial charge is 0.491 e. The van der Waals surface area contributed by atoms with E-state index in [1.165, 1.54) is 18.2 Å². The number of carbonyl (C=O) groups excluding carboxylic acids is 1. The van der Waals surface area contributed by atoms with E-state index in [2.05, 4.69) is 4.90 Å². The smallest absolute Gasteiger partial charge is 0.335 e. The van der Waals surface area contributed by atoms with Crippen LogP contribution in [0.4, 0.5) is 0 Å². The second-order valence-corrected chi connectivity index (χ2v) is 4.68. The lowest BCUT2D eigenvalue weighted by Crippen LogP contribution is -2.38. The van der Waals surface area contributed by atoms with Gasteiger partial charge in [0.25, 0.3) is 5.91 Å². The van der Waals surface area contributed by atoms with Crippen molar-refractivity contribution >= 4 is 11.9 Å². The van der Waals surface area contributed by atoms with Crippen LogP contribution in [0.2, 0.25) is 0 Å². The van der Waals surface area contributed by atoms with Crippen LogP contribution in [0.15, 0.2) is 18.2 Å². The van der Waals surface area contributed by atoms with Gasteiger partial charge >= 0.3 is 5.97 Å². The van der Waals surface area contributed by atoms with E-state index in [4.69, 9.17) is 20.3 Å². The number of aromatic carboxylic acids is 1. The number of benzene rings is 1. The molecule has 114 valence electrons. The Morgan fingerprint density at radius 1 is 1.33 bits per heavy atom. The quantitative estimate of drug-likeness (QED) is 0.777. The Kier molecular flexibility index (Phi) is 5.13. The molecule has 1 heterocycles. The van der Waals surface area contributed by atoms with Crippen molar-refractivity contribution in [3.8, 4) is 5.75 Å². The first kappa shape index (κ1) is 15.3. The fourth-order valence-electron chi connectivity index (χ4n) is 2.09. The molecule has 7 nitrogen and oxygen atoms in total. The predicted octanol–water partition coefficient (Wildman–Crippen LogP) is 0.195. The summed E-state index contributed by atoms with van der Waals surface area (Å²) in [5.74, 6) is -1.52. The van der Waals surface area contributed by atoms with Gasteiger partial charge in [0.15, 0.2) is 0 Å². The van der Waals surface area contributed by atoms with Gasteiger partial charge in [-0.15, -0.1) is 0 Å². The van der Waals surface area contributed by atoms with E-state index in [0.717, 1.165) is 13.1 Å². The lowest BCUT2D eigenvalue weighted by molar-refractivity contribution is 0.0322. The topological polar surface area (TPSA) is 102 Å². The number of carboxylic acids is 1. The fraction of sp³-hybridized carbons (Fsp3) is 0.429. The number of hydrogen-bond acceptors (Lipinski definition) is 5. The number of morpholine rings is 1. The van der Waals surface area contributed by atoms with Gasteiger partial charge in [-0.05, 0) is 18.2 Å². The zero-order valence-corrected chi connectivity index (χ0v) is 11.6. The molecule has 1 fully saturated rings. The minimum atomic E-state index is -1.08. The Hall–Kier alpha value is -2.12. The number of carbonyl (C=O) groups is 2. The molecular formula is C14H18N2O5. The second-order valence-electron chi connectivity index (χ2n) is 4.68. The van der Waals surface area contributed by atoms with Crippen LogP contribution in [-0.2, 0) is 4.74 Å². The molecule has 0 saturated carbocycles. The van der Waals surface area contributed by atoms with E-state index >= 15 is 0 Å². The van der Waals surface area contributed by atoms with Gasteiger partial charge in [-0.1, -0.05) is 0 Å². The van der Waals surface area contributed by atoms with Crippen molar-refractivity contribution in [1.29, 1.82) is 0 Å². The first-order valence-corrected chi connectivity index (χ1v) is 6.68. The number of nitrogens with two attached hydrogens (primary N) is 1. The van der Waals surface area contributed by atoms with Crippen molar-refractivity contribution in [2.24, 2.45) is 5.73 Å². The summed E-state index contributed by atoms with van der Waals surface area (Å²) >= 11 is 0. The second kappa shape index (κ2) is 7.05. The van der Waals surface area contributed by atoms with Gasteiger partial charge in [-0.25, -0.2) is 4.79 Å². The SMILES string of the molecule is NC(=O)c1ccc(C(=O)O)cc1OCCN1CCOCC1. The van der Waals surface area contributed by atoms with Crippen LogP contribution in [0.1, 0.15) is 20.7 Å². The molecule has 1 aromatic rings. The van der Waals surface area contributed by atoms with Crippen molar-refractivity contribution in [3.63, 3.8) is 0 Å². The first-order valence-electron chi connectivity index (χ1n) is 6.68. The van der Waals surface area contributed by atoms with Crippen LogP contribution in [0.25, 0.3) is 0 Å². The summed E-state index contributed by atoms with van der Waals surface area (Å²) in [6.07, 6.45) is 0. The Bertz CT molecular complexity index is 526. The molecule has 0 aromatic heterocycles. The lowest BCUT2D eigenvalue weighted by Gasteiger charge is -2.26. The highest BCUT2D eigenvalue weighted by Gasteiger charge is 2.14. The molecular weight excluding hydrogens is 276 g/mol. The van der Waals surface area contributed by atoms with E-state index in [1.54, 1.807) is 0 Å². The van der Waals surface area contributed by atoms with Gasteiger partial charge in [0.1, 0.15) is 12.4 Å². The molecule has 1 saturated heterocycles. The monoisotopic (exact) mass is 294 g/mol. The van der Waals surface area contributed by atoms with E-state index in [1.807, 2.05) is 0 Å². The number of primary amides is 1. The fourth-order valence-corrected chi connectivity index (χ4v) is 2.09. The lowest BCUT2D eigenvalue weighted by atomic mass is 10.1. The third-order valence-corrected chi connectivity index (χ3v) is 3.26. The molecule has 0 radical (unpaired) electrons. The highest BCUT2D eigenvalue weighted by atomic mass is 16.5. The first-order chi connectivity index (χ1) is 10.1. The minimum Gasteiger partial charge on any atom is -0.491 e. The molecule has 0 unspecified atom stereocenters. The molecule has 0 bridgehead atoms. The molecule has 21 heavy (non-hydrogen) atoms. The van der Waals surface area contributed by atoms with E-state index < -0.39 is 11.9 Å². The number of ether oxygens (including phenoxy) is 2. The molecule has 1 aliphatic rings.